The Morgan fingerprint density at radius 3 is 2.44 bits per heavy atom. The number of hydrogen-bond donors (Lipinski definition) is 0. The summed E-state index contributed by atoms with van der Waals surface area (Å²) < 4.78 is 22.1. The van der Waals surface area contributed by atoms with Crippen LogP contribution in [0.2, 0.25) is 0 Å². The summed E-state index contributed by atoms with van der Waals surface area (Å²) in [7, 11) is 1.31. The molecule has 0 bridgehead atoms. The molecular weight excluding hydrogens is 326 g/mol. The molecule has 2 rings (SSSR count). The Balaban J connectivity index is 2.37. The molecule has 0 aromatic rings. The number of rotatable bonds is 5. The summed E-state index contributed by atoms with van der Waals surface area (Å²) in [6, 6.07) is -0.779. The number of carbonyl (C=O) groups excluding carboxylic acids is 2. The van der Waals surface area contributed by atoms with Gasteiger partial charge in [0, 0.05) is 5.41 Å². The van der Waals surface area contributed by atoms with Crippen LogP contribution in [-0.4, -0.2) is 61.8 Å². The molecule has 2 heterocycles. The standard InChI is InChI=1S/C18H29NO6/c1-7-8-12(18(5)24-9-10-25-18)14(20)19-13(15(21)22-6)11-23-16(19)17(2,3)4/h7,12-13,16H,1,8-11H2,2-6H3/t12?,13-,16-/m0/s1. The SMILES string of the molecule is C=CCC(C(=O)N1[C@H](C(C)(C)C)OC[C@H]1C(=O)OC)C1(C)OCCO1. The van der Waals surface area contributed by atoms with Gasteiger partial charge < -0.3 is 18.9 Å². The summed E-state index contributed by atoms with van der Waals surface area (Å²) in [5, 5.41) is 0. The zero-order valence-corrected chi connectivity index (χ0v) is 15.7. The largest absolute Gasteiger partial charge is 0.467 e. The van der Waals surface area contributed by atoms with Gasteiger partial charge in [-0.1, -0.05) is 26.8 Å². The van der Waals surface area contributed by atoms with E-state index < -0.39 is 29.9 Å². The van der Waals surface area contributed by atoms with Crippen molar-refractivity contribution in [3.63, 3.8) is 0 Å². The van der Waals surface area contributed by atoms with Crippen LogP contribution in [0.15, 0.2) is 12.7 Å². The number of nitrogens with zero attached hydrogens (tertiary/aromatic N) is 1. The molecule has 2 aliphatic heterocycles. The molecule has 0 aromatic carbocycles. The molecule has 142 valence electrons. The van der Waals surface area contributed by atoms with Crippen molar-refractivity contribution in [2.24, 2.45) is 11.3 Å². The third-order valence-corrected chi connectivity index (χ3v) is 4.66. The molecule has 1 amide bonds. The van der Waals surface area contributed by atoms with Crippen LogP contribution in [0, 0.1) is 11.3 Å². The van der Waals surface area contributed by atoms with Crippen LogP contribution in [-0.2, 0) is 28.5 Å². The van der Waals surface area contributed by atoms with E-state index in [0.717, 1.165) is 0 Å². The van der Waals surface area contributed by atoms with Gasteiger partial charge in [-0.25, -0.2) is 4.79 Å². The van der Waals surface area contributed by atoms with Crippen molar-refractivity contribution in [1.82, 2.24) is 4.90 Å². The van der Waals surface area contributed by atoms with E-state index in [1.165, 1.54) is 12.0 Å². The Hall–Kier alpha value is -1.44. The lowest BCUT2D eigenvalue weighted by molar-refractivity contribution is -0.198. The van der Waals surface area contributed by atoms with Gasteiger partial charge in [-0.2, -0.15) is 0 Å². The quantitative estimate of drug-likeness (QED) is 0.552. The normalized spacial score (nSPS) is 27.2. The number of carbonyl (C=O) groups is 2. The first-order chi connectivity index (χ1) is 11.7. The molecule has 0 aromatic heterocycles. The second kappa shape index (κ2) is 7.43. The fourth-order valence-electron chi connectivity index (χ4n) is 3.38. The summed E-state index contributed by atoms with van der Waals surface area (Å²) >= 11 is 0. The van der Waals surface area contributed by atoms with Gasteiger partial charge in [0.1, 0.15) is 6.23 Å². The zero-order chi connectivity index (χ0) is 18.8. The maximum Gasteiger partial charge on any atom is 0.331 e. The molecule has 25 heavy (non-hydrogen) atoms. The molecule has 0 radical (unpaired) electrons. The van der Waals surface area contributed by atoms with Gasteiger partial charge in [0.15, 0.2) is 11.8 Å². The Kier molecular flexibility index (Phi) is 5.91. The highest BCUT2D eigenvalue weighted by atomic mass is 16.7. The molecule has 7 nitrogen and oxygen atoms in total. The molecule has 2 fully saturated rings. The maximum absolute atomic E-state index is 13.4. The summed E-state index contributed by atoms with van der Waals surface area (Å²) in [5.74, 6) is -2.41. The monoisotopic (exact) mass is 355 g/mol. The van der Waals surface area contributed by atoms with Gasteiger partial charge in [0.2, 0.25) is 5.91 Å². The molecule has 0 spiro atoms. The van der Waals surface area contributed by atoms with Crippen molar-refractivity contribution in [3.8, 4) is 0 Å². The highest BCUT2D eigenvalue weighted by molar-refractivity contribution is 5.87. The number of allylic oxidation sites excluding steroid dienone is 1. The van der Waals surface area contributed by atoms with Crippen molar-refractivity contribution in [2.75, 3.05) is 26.9 Å². The van der Waals surface area contributed by atoms with Crippen molar-refractivity contribution < 1.29 is 28.5 Å². The summed E-state index contributed by atoms with van der Waals surface area (Å²) in [5.41, 5.74) is -0.366. The van der Waals surface area contributed by atoms with E-state index in [1.807, 2.05) is 20.8 Å². The van der Waals surface area contributed by atoms with E-state index in [4.69, 9.17) is 18.9 Å². The number of esters is 1. The van der Waals surface area contributed by atoms with Crippen LogP contribution >= 0.6 is 0 Å². The van der Waals surface area contributed by atoms with Gasteiger partial charge in [0.25, 0.3) is 0 Å². The number of hydrogen-bond acceptors (Lipinski definition) is 6. The van der Waals surface area contributed by atoms with Gasteiger partial charge in [-0.15, -0.1) is 6.58 Å². The Morgan fingerprint density at radius 1 is 1.36 bits per heavy atom. The third kappa shape index (κ3) is 3.88. The minimum absolute atomic E-state index is 0.111. The van der Waals surface area contributed by atoms with Crippen LogP contribution in [0.25, 0.3) is 0 Å². The molecule has 0 aliphatic carbocycles. The summed E-state index contributed by atoms with van der Waals surface area (Å²) in [6.07, 6.45) is 1.49. The first kappa shape index (κ1) is 19.9. The summed E-state index contributed by atoms with van der Waals surface area (Å²) in [4.78, 5) is 27.1. The lowest BCUT2D eigenvalue weighted by Gasteiger charge is -2.39. The molecule has 2 aliphatic rings. The Morgan fingerprint density at radius 2 is 1.96 bits per heavy atom. The molecule has 0 saturated carbocycles. The van der Waals surface area contributed by atoms with Crippen LogP contribution in [0.3, 0.4) is 0 Å². The molecule has 3 atom stereocenters. The van der Waals surface area contributed by atoms with E-state index in [9.17, 15) is 9.59 Å². The maximum atomic E-state index is 13.4. The van der Waals surface area contributed by atoms with E-state index in [1.54, 1.807) is 13.0 Å². The predicted octanol–water partition coefficient (Wildman–Crippen LogP) is 1.71. The molecule has 1 unspecified atom stereocenters. The van der Waals surface area contributed by atoms with Crippen molar-refractivity contribution in [3.05, 3.63) is 12.7 Å². The van der Waals surface area contributed by atoms with Crippen LogP contribution in [0.1, 0.15) is 34.1 Å². The van der Waals surface area contributed by atoms with Crippen molar-refractivity contribution in [1.29, 1.82) is 0 Å². The average Bonchev–Trinajstić information content (AvgIpc) is 3.17. The lowest BCUT2D eigenvalue weighted by atomic mass is 9.89. The third-order valence-electron chi connectivity index (χ3n) is 4.66. The van der Waals surface area contributed by atoms with Crippen LogP contribution < -0.4 is 0 Å². The van der Waals surface area contributed by atoms with E-state index >= 15 is 0 Å². The average molecular weight is 355 g/mol. The van der Waals surface area contributed by atoms with Gasteiger partial charge in [-0.3, -0.25) is 9.69 Å². The smallest absolute Gasteiger partial charge is 0.331 e. The van der Waals surface area contributed by atoms with Gasteiger partial charge in [-0.05, 0) is 13.3 Å². The summed E-state index contributed by atoms with van der Waals surface area (Å²) in [6.45, 7) is 12.4. The number of amides is 1. The molecule has 2 saturated heterocycles. The fraction of sp³-hybridized carbons (Fsp3) is 0.778. The van der Waals surface area contributed by atoms with E-state index in [2.05, 4.69) is 6.58 Å². The predicted molar refractivity (Wildman–Crippen MR) is 90.5 cm³/mol. The number of methoxy groups -OCH3 is 1. The van der Waals surface area contributed by atoms with Crippen LogP contribution in [0.5, 0.6) is 0 Å². The Labute approximate surface area is 149 Å². The topological polar surface area (TPSA) is 74.3 Å². The van der Waals surface area contributed by atoms with Crippen molar-refractivity contribution in [2.45, 2.75) is 52.2 Å². The minimum atomic E-state index is -1.04. The fourth-order valence-corrected chi connectivity index (χ4v) is 3.38. The van der Waals surface area contributed by atoms with Gasteiger partial charge in [0.05, 0.1) is 32.8 Å². The van der Waals surface area contributed by atoms with E-state index in [0.29, 0.717) is 19.6 Å². The number of ether oxygens (including phenoxy) is 4. The second-order valence-electron chi connectivity index (χ2n) is 7.63. The highest BCUT2D eigenvalue weighted by Gasteiger charge is 2.53. The zero-order valence-electron chi connectivity index (χ0n) is 15.7. The van der Waals surface area contributed by atoms with Gasteiger partial charge >= 0.3 is 5.97 Å². The lowest BCUT2D eigenvalue weighted by Crippen LogP contribution is -2.56. The first-order valence-electron chi connectivity index (χ1n) is 8.56. The van der Waals surface area contributed by atoms with E-state index in [-0.39, 0.29) is 17.9 Å². The molecule has 7 heteroatoms. The van der Waals surface area contributed by atoms with Crippen LogP contribution in [0.4, 0.5) is 0 Å². The second-order valence-corrected chi connectivity index (χ2v) is 7.63. The molecule has 0 N–H and O–H groups in total. The highest BCUT2D eigenvalue weighted by Crippen LogP contribution is 2.38. The van der Waals surface area contributed by atoms with Crippen molar-refractivity contribution >= 4 is 11.9 Å². The Bertz CT molecular complexity index is 520. The first-order valence-corrected chi connectivity index (χ1v) is 8.56. The minimum Gasteiger partial charge on any atom is -0.467 e. The molecular formula is C18H29NO6.